The Morgan fingerprint density at radius 1 is 1.00 bits per heavy atom. The van der Waals surface area contributed by atoms with E-state index in [1.165, 1.54) is 28.2 Å². The predicted molar refractivity (Wildman–Crippen MR) is 112 cm³/mol. The predicted octanol–water partition coefficient (Wildman–Crippen LogP) is 4.51. The van der Waals surface area contributed by atoms with Gasteiger partial charge in [0.2, 0.25) is 5.13 Å². The fourth-order valence-electron chi connectivity index (χ4n) is 3.52. The number of piperidine rings is 1. The van der Waals surface area contributed by atoms with Gasteiger partial charge in [0.1, 0.15) is 5.82 Å². The summed E-state index contributed by atoms with van der Waals surface area (Å²) < 4.78 is 4.53. The molecule has 1 saturated heterocycles. The molecule has 0 saturated carbocycles. The maximum Gasteiger partial charge on any atom is 0.202 e. The van der Waals surface area contributed by atoms with Gasteiger partial charge >= 0.3 is 0 Å². The lowest BCUT2D eigenvalue weighted by Gasteiger charge is -2.32. The zero-order valence-electron chi connectivity index (χ0n) is 15.8. The fourth-order valence-corrected chi connectivity index (χ4v) is 4.19. The molecular weight excluding hydrogens is 352 g/mol. The maximum absolute atomic E-state index is 4.69. The van der Waals surface area contributed by atoms with Crippen LogP contribution in [0.2, 0.25) is 0 Å². The van der Waals surface area contributed by atoms with Crippen molar-refractivity contribution in [2.45, 2.75) is 38.8 Å². The molecule has 0 aliphatic carbocycles. The van der Waals surface area contributed by atoms with Crippen LogP contribution in [0, 0.1) is 6.92 Å². The van der Waals surface area contributed by atoms with E-state index in [1.54, 1.807) is 0 Å². The van der Waals surface area contributed by atoms with Gasteiger partial charge in [0.15, 0.2) is 0 Å². The zero-order chi connectivity index (χ0) is 18.5. The minimum atomic E-state index is 0.497. The summed E-state index contributed by atoms with van der Waals surface area (Å²) in [5, 5.41) is 4.56. The van der Waals surface area contributed by atoms with Gasteiger partial charge in [-0.3, -0.25) is 4.90 Å². The second kappa shape index (κ2) is 8.63. The molecule has 1 aliphatic rings. The van der Waals surface area contributed by atoms with Crippen LogP contribution in [0.25, 0.3) is 0 Å². The number of nitrogens with one attached hydrogen (secondary N) is 1. The number of nitrogens with zero attached hydrogens (tertiary/aromatic N) is 3. The zero-order valence-corrected chi connectivity index (χ0v) is 16.6. The molecule has 0 radical (unpaired) electrons. The van der Waals surface area contributed by atoms with Crippen molar-refractivity contribution in [1.29, 1.82) is 0 Å². The lowest BCUT2D eigenvalue weighted by atomic mass is 10.0. The van der Waals surface area contributed by atoms with Crippen LogP contribution in [-0.2, 0) is 13.0 Å². The third-order valence-electron chi connectivity index (χ3n) is 5.12. The van der Waals surface area contributed by atoms with Crippen molar-refractivity contribution in [1.82, 2.24) is 14.3 Å². The Labute approximate surface area is 165 Å². The fraction of sp³-hybridized carbons (Fsp3) is 0.364. The second-order valence-corrected chi connectivity index (χ2v) is 8.11. The molecule has 1 aromatic heterocycles. The molecule has 1 fully saturated rings. The molecule has 27 heavy (non-hydrogen) atoms. The van der Waals surface area contributed by atoms with E-state index in [-0.39, 0.29) is 0 Å². The van der Waals surface area contributed by atoms with E-state index in [9.17, 15) is 0 Å². The molecule has 2 heterocycles. The van der Waals surface area contributed by atoms with Gasteiger partial charge in [-0.1, -0.05) is 60.2 Å². The van der Waals surface area contributed by atoms with Gasteiger partial charge in [-0.05, 0) is 30.9 Å². The molecule has 140 valence electrons. The molecule has 0 bridgehead atoms. The van der Waals surface area contributed by atoms with Gasteiger partial charge in [-0.15, -0.1) is 0 Å². The summed E-state index contributed by atoms with van der Waals surface area (Å²) in [7, 11) is 0. The highest BCUT2D eigenvalue weighted by Gasteiger charge is 2.20. The monoisotopic (exact) mass is 378 g/mol. The average molecular weight is 379 g/mol. The number of rotatable bonds is 6. The van der Waals surface area contributed by atoms with Crippen LogP contribution in [0.1, 0.15) is 35.4 Å². The van der Waals surface area contributed by atoms with Crippen molar-refractivity contribution in [3.05, 3.63) is 77.1 Å². The molecular formula is C22H26N4S. The summed E-state index contributed by atoms with van der Waals surface area (Å²) >= 11 is 1.48. The third kappa shape index (κ3) is 5.15. The standard InChI is InChI=1S/C22H26N4S/c1-17-7-9-18(10-8-17)15-21-24-22(27-25-21)23-20-11-13-26(14-12-20)16-19-5-3-2-4-6-19/h2-10,20H,11-16H2,1H3,(H,23,24,25). The molecule has 0 spiro atoms. The lowest BCUT2D eigenvalue weighted by molar-refractivity contribution is 0.211. The normalized spacial score (nSPS) is 15.7. The molecule has 1 aliphatic heterocycles. The van der Waals surface area contributed by atoms with Crippen molar-refractivity contribution in [2.75, 3.05) is 18.4 Å². The van der Waals surface area contributed by atoms with Crippen LogP contribution >= 0.6 is 11.5 Å². The van der Waals surface area contributed by atoms with E-state index in [4.69, 9.17) is 4.98 Å². The van der Waals surface area contributed by atoms with Crippen molar-refractivity contribution >= 4 is 16.7 Å². The number of benzene rings is 2. The molecule has 0 amide bonds. The van der Waals surface area contributed by atoms with Crippen LogP contribution in [0.4, 0.5) is 5.13 Å². The topological polar surface area (TPSA) is 41.1 Å². The molecule has 4 rings (SSSR count). The van der Waals surface area contributed by atoms with E-state index >= 15 is 0 Å². The molecule has 2 aromatic carbocycles. The van der Waals surface area contributed by atoms with Gasteiger partial charge < -0.3 is 5.32 Å². The highest BCUT2D eigenvalue weighted by molar-refractivity contribution is 7.09. The summed E-state index contributed by atoms with van der Waals surface area (Å²) in [5.74, 6) is 0.910. The van der Waals surface area contributed by atoms with Crippen molar-refractivity contribution < 1.29 is 0 Å². The van der Waals surface area contributed by atoms with Crippen LogP contribution in [0.15, 0.2) is 54.6 Å². The smallest absolute Gasteiger partial charge is 0.202 e. The van der Waals surface area contributed by atoms with E-state index in [2.05, 4.69) is 76.1 Å². The average Bonchev–Trinajstić information content (AvgIpc) is 3.13. The number of likely N-dealkylation sites (tertiary alicyclic amines) is 1. The number of anilines is 1. The van der Waals surface area contributed by atoms with Crippen LogP contribution in [-0.4, -0.2) is 33.4 Å². The first kappa shape index (κ1) is 18.1. The Morgan fingerprint density at radius 2 is 1.74 bits per heavy atom. The number of hydrogen-bond acceptors (Lipinski definition) is 5. The Kier molecular flexibility index (Phi) is 5.80. The Morgan fingerprint density at radius 3 is 2.48 bits per heavy atom. The maximum atomic E-state index is 4.69. The van der Waals surface area contributed by atoms with Gasteiger partial charge in [-0.25, -0.2) is 4.98 Å². The molecule has 4 nitrogen and oxygen atoms in total. The highest BCUT2D eigenvalue weighted by Crippen LogP contribution is 2.20. The summed E-state index contributed by atoms with van der Waals surface area (Å²) in [6.45, 7) is 5.41. The van der Waals surface area contributed by atoms with Crippen LogP contribution < -0.4 is 5.32 Å². The SMILES string of the molecule is Cc1ccc(Cc2nsc(NC3CCN(Cc4ccccc4)CC3)n2)cc1. The van der Waals surface area contributed by atoms with Crippen molar-refractivity contribution in [3.63, 3.8) is 0 Å². The molecule has 5 heteroatoms. The van der Waals surface area contributed by atoms with Crippen LogP contribution in [0.3, 0.4) is 0 Å². The number of aromatic nitrogens is 2. The summed E-state index contributed by atoms with van der Waals surface area (Å²) in [6, 6.07) is 19.8. The van der Waals surface area contributed by atoms with Gasteiger partial charge in [-0.2, -0.15) is 4.37 Å². The van der Waals surface area contributed by atoms with Crippen LogP contribution in [0.5, 0.6) is 0 Å². The van der Waals surface area contributed by atoms with Crippen molar-refractivity contribution in [3.8, 4) is 0 Å². The van der Waals surface area contributed by atoms with E-state index in [1.807, 2.05) is 0 Å². The first-order valence-corrected chi connectivity index (χ1v) is 10.4. The third-order valence-corrected chi connectivity index (χ3v) is 5.80. The molecule has 3 aromatic rings. The van der Waals surface area contributed by atoms with Gasteiger partial charge in [0.25, 0.3) is 0 Å². The minimum Gasteiger partial charge on any atom is -0.357 e. The highest BCUT2D eigenvalue weighted by atomic mass is 32.1. The summed E-state index contributed by atoms with van der Waals surface area (Å²) in [6.07, 6.45) is 3.10. The molecule has 1 N–H and O–H groups in total. The number of aryl methyl sites for hydroxylation is 1. The Bertz CT molecular complexity index is 836. The molecule has 0 atom stereocenters. The van der Waals surface area contributed by atoms with E-state index < -0.39 is 0 Å². The van der Waals surface area contributed by atoms with E-state index in [0.717, 1.165) is 49.9 Å². The minimum absolute atomic E-state index is 0.497. The first-order chi connectivity index (χ1) is 13.2. The van der Waals surface area contributed by atoms with Gasteiger partial charge in [0, 0.05) is 43.6 Å². The Balaban J connectivity index is 1.26. The Hall–Kier alpha value is -2.24. The van der Waals surface area contributed by atoms with Crippen molar-refractivity contribution in [2.24, 2.45) is 0 Å². The first-order valence-electron chi connectivity index (χ1n) is 9.65. The second-order valence-electron chi connectivity index (χ2n) is 7.36. The van der Waals surface area contributed by atoms with E-state index in [0.29, 0.717) is 6.04 Å². The van der Waals surface area contributed by atoms with Gasteiger partial charge in [0.05, 0.1) is 0 Å². The largest absolute Gasteiger partial charge is 0.357 e. The lowest BCUT2D eigenvalue weighted by Crippen LogP contribution is -2.38. The quantitative estimate of drug-likeness (QED) is 0.685. The summed E-state index contributed by atoms with van der Waals surface area (Å²) in [4.78, 5) is 7.23. The molecule has 0 unspecified atom stereocenters. The number of hydrogen-bond donors (Lipinski definition) is 1. The summed E-state index contributed by atoms with van der Waals surface area (Å²) in [5.41, 5.74) is 3.94.